The molecule has 29 heavy (non-hydrogen) atoms. The van der Waals surface area contributed by atoms with Crippen molar-refractivity contribution in [3.05, 3.63) is 59.7 Å². The van der Waals surface area contributed by atoms with Crippen molar-refractivity contribution in [2.24, 2.45) is 0 Å². The second kappa shape index (κ2) is 8.55. The molecule has 1 aliphatic rings. The molecule has 0 fully saturated rings. The molecule has 0 saturated heterocycles. The van der Waals surface area contributed by atoms with E-state index < -0.39 is 17.8 Å². The van der Waals surface area contributed by atoms with Gasteiger partial charge in [-0.15, -0.1) is 0 Å². The van der Waals surface area contributed by atoms with Crippen LogP contribution in [0.5, 0.6) is 0 Å². The zero-order valence-electron chi connectivity index (χ0n) is 17.4. The van der Waals surface area contributed by atoms with Crippen molar-refractivity contribution in [3.63, 3.8) is 0 Å². The number of hydrogen-bond donors (Lipinski definition) is 1. The van der Waals surface area contributed by atoms with E-state index in [0.717, 1.165) is 0 Å². The highest BCUT2D eigenvalue weighted by molar-refractivity contribution is 5.79. The monoisotopic (exact) mass is 396 g/mol. The summed E-state index contributed by atoms with van der Waals surface area (Å²) in [5, 5.41) is 2.64. The Kier molecular flexibility index (Phi) is 6.11. The number of carbonyl (C=O) groups excluding carboxylic acids is 2. The Morgan fingerprint density at radius 3 is 2.10 bits per heavy atom. The molecule has 1 N–H and O–H groups in total. The molecule has 6 nitrogen and oxygen atoms in total. The van der Waals surface area contributed by atoms with E-state index >= 15 is 0 Å². The average Bonchev–Trinajstić information content (AvgIpc) is 2.98. The smallest absolute Gasteiger partial charge is 0.409 e. The summed E-state index contributed by atoms with van der Waals surface area (Å²) in [6, 6.07) is 16.4. The van der Waals surface area contributed by atoms with Crippen molar-refractivity contribution in [2.75, 3.05) is 26.7 Å². The lowest BCUT2D eigenvalue weighted by atomic mass is 9.98. The van der Waals surface area contributed by atoms with Gasteiger partial charge in [0.1, 0.15) is 12.2 Å². The maximum Gasteiger partial charge on any atom is 0.409 e. The summed E-state index contributed by atoms with van der Waals surface area (Å²) in [6.07, 6.45) is -0.920. The molecule has 154 valence electrons. The lowest BCUT2D eigenvalue weighted by Gasteiger charge is -2.21. The first kappa shape index (κ1) is 20.7. The first-order chi connectivity index (χ1) is 13.8. The van der Waals surface area contributed by atoms with E-state index in [1.807, 2.05) is 24.3 Å². The Balaban J connectivity index is 1.52. The summed E-state index contributed by atoms with van der Waals surface area (Å²) in [5.41, 5.74) is 4.19. The van der Waals surface area contributed by atoms with Crippen LogP contribution < -0.4 is 5.32 Å². The van der Waals surface area contributed by atoms with Crippen LogP contribution in [0.4, 0.5) is 9.59 Å². The normalized spacial score (nSPS) is 12.7. The fraction of sp³-hybridized carbons (Fsp3) is 0.391. The van der Waals surface area contributed by atoms with Gasteiger partial charge in [0.15, 0.2) is 0 Å². The van der Waals surface area contributed by atoms with Crippen LogP contribution in [-0.4, -0.2) is 49.4 Å². The molecule has 0 heterocycles. The van der Waals surface area contributed by atoms with Crippen molar-refractivity contribution in [2.45, 2.75) is 32.3 Å². The number of fused-ring (bicyclic) bond motifs is 3. The maximum atomic E-state index is 12.4. The van der Waals surface area contributed by atoms with Gasteiger partial charge >= 0.3 is 12.2 Å². The van der Waals surface area contributed by atoms with Gasteiger partial charge in [-0.1, -0.05) is 48.5 Å². The van der Waals surface area contributed by atoms with Crippen LogP contribution in [0.2, 0.25) is 0 Å². The third-order valence-corrected chi connectivity index (χ3v) is 4.76. The van der Waals surface area contributed by atoms with E-state index in [2.05, 4.69) is 29.6 Å². The molecule has 3 rings (SSSR count). The van der Waals surface area contributed by atoms with Crippen LogP contribution in [-0.2, 0) is 9.47 Å². The maximum absolute atomic E-state index is 12.4. The van der Waals surface area contributed by atoms with Gasteiger partial charge in [0.25, 0.3) is 0 Å². The van der Waals surface area contributed by atoms with Gasteiger partial charge in [-0.05, 0) is 43.0 Å². The van der Waals surface area contributed by atoms with Crippen molar-refractivity contribution in [1.29, 1.82) is 0 Å². The van der Waals surface area contributed by atoms with Gasteiger partial charge in [-0.3, -0.25) is 0 Å². The predicted octanol–water partition coefficient (Wildman–Crippen LogP) is 4.39. The summed E-state index contributed by atoms with van der Waals surface area (Å²) >= 11 is 0. The third kappa shape index (κ3) is 5.08. The lowest BCUT2D eigenvalue weighted by molar-refractivity contribution is 0.0519. The average molecular weight is 396 g/mol. The Morgan fingerprint density at radius 2 is 1.55 bits per heavy atom. The van der Waals surface area contributed by atoms with Gasteiger partial charge in [-0.2, -0.15) is 0 Å². The highest BCUT2D eigenvalue weighted by atomic mass is 16.6. The molecule has 6 heteroatoms. The van der Waals surface area contributed by atoms with Crippen LogP contribution >= 0.6 is 0 Å². The van der Waals surface area contributed by atoms with E-state index in [0.29, 0.717) is 6.54 Å². The Hall–Kier alpha value is -3.02. The SMILES string of the molecule is CN(CCNC(=O)OC(C)(C)C)C(=O)OCC1c2ccccc2-c2ccccc21. The Morgan fingerprint density at radius 1 is 1.00 bits per heavy atom. The molecule has 0 saturated carbocycles. The molecule has 1 aliphatic carbocycles. The molecule has 0 radical (unpaired) electrons. The number of nitrogens with zero attached hydrogens (tertiary/aromatic N) is 1. The minimum Gasteiger partial charge on any atom is -0.448 e. The van der Waals surface area contributed by atoms with E-state index in [9.17, 15) is 9.59 Å². The molecule has 2 aromatic rings. The van der Waals surface area contributed by atoms with E-state index in [1.165, 1.54) is 27.2 Å². The van der Waals surface area contributed by atoms with Crippen molar-refractivity contribution >= 4 is 12.2 Å². The summed E-state index contributed by atoms with van der Waals surface area (Å²) in [4.78, 5) is 25.5. The molecule has 0 atom stereocenters. The number of likely N-dealkylation sites (N-methyl/N-ethyl adjacent to an activating group) is 1. The Labute approximate surface area is 171 Å². The minimum absolute atomic E-state index is 0.0274. The van der Waals surface area contributed by atoms with Crippen LogP contribution in [0, 0.1) is 0 Å². The van der Waals surface area contributed by atoms with Crippen molar-refractivity contribution in [3.8, 4) is 11.1 Å². The molecule has 0 aliphatic heterocycles. The number of nitrogens with one attached hydrogen (secondary N) is 1. The predicted molar refractivity (Wildman–Crippen MR) is 112 cm³/mol. The first-order valence-electron chi connectivity index (χ1n) is 9.79. The topological polar surface area (TPSA) is 67.9 Å². The quantitative estimate of drug-likeness (QED) is 0.814. The number of alkyl carbamates (subject to hydrolysis) is 1. The van der Waals surface area contributed by atoms with Crippen LogP contribution in [0.15, 0.2) is 48.5 Å². The highest BCUT2D eigenvalue weighted by Crippen LogP contribution is 2.44. The molecule has 2 aromatic carbocycles. The number of amides is 2. The fourth-order valence-corrected chi connectivity index (χ4v) is 3.44. The molecule has 0 bridgehead atoms. The number of carbonyl (C=O) groups is 2. The van der Waals surface area contributed by atoms with Crippen molar-refractivity contribution < 1.29 is 19.1 Å². The van der Waals surface area contributed by atoms with Crippen LogP contribution in [0.25, 0.3) is 11.1 Å². The molecular formula is C23H28N2O4. The van der Waals surface area contributed by atoms with E-state index in [1.54, 1.807) is 27.8 Å². The highest BCUT2D eigenvalue weighted by Gasteiger charge is 2.29. The lowest BCUT2D eigenvalue weighted by Crippen LogP contribution is -2.39. The van der Waals surface area contributed by atoms with Crippen LogP contribution in [0.1, 0.15) is 37.8 Å². The van der Waals surface area contributed by atoms with Gasteiger partial charge < -0.3 is 19.7 Å². The fourth-order valence-electron chi connectivity index (χ4n) is 3.44. The molecule has 2 amide bonds. The van der Waals surface area contributed by atoms with E-state index in [-0.39, 0.29) is 19.1 Å². The number of benzene rings is 2. The summed E-state index contributed by atoms with van der Waals surface area (Å²) in [6.45, 7) is 6.29. The van der Waals surface area contributed by atoms with Crippen molar-refractivity contribution in [1.82, 2.24) is 10.2 Å². The van der Waals surface area contributed by atoms with Gasteiger partial charge in [0, 0.05) is 26.1 Å². The number of hydrogen-bond acceptors (Lipinski definition) is 4. The van der Waals surface area contributed by atoms with Gasteiger partial charge in [0.2, 0.25) is 0 Å². The summed E-state index contributed by atoms with van der Waals surface area (Å²) in [5.74, 6) is 0.0274. The minimum atomic E-state index is -0.553. The third-order valence-electron chi connectivity index (χ3n) is 4.76. The molecule has 0 spiro atoms. The van der Waals surface area contributed by atoms with Crippen LogP contribution in [0.3, 0.4) is 0 Å². The largest absolute Gasteiger partial charge is 0.448 e. The second-order valence-electron chi connectivity index (χ2n) is 8.15. The Bertz CT molecular complexity index is 843. The zero-order valence-corrected chi connectivity index (χ0v) is 17.4. The van der Waals surface area contributed by atoms with Gasteiger partial charge in [0.05, 0.1) is 0 Å². The molecular weight excluding hydrogens is 368 g/mol. The van der Waals surface area contributed by atoms with Gasteiger partial charge in [-0.25, -0.2) is 9.59 Å². The molecule has 0 aromatic heterocycles. The van der Waals surface area contributed by atoms with E-state index in [4.69, 9.17) is 9.47 Å². The molecule has 0 unspecified atom stereocenters. The number of rotatable bonds is 5. The number of ether oxygens (including phenoxy) is 2. The zero-order chi connectivity index (χ0) is 21.0. The first-order valence-corrected chi connectivity index (χ1v) is 9.79. The second-order valence-corrected chi connectivity index (χ2v) is 8.15. The summed E-state index contributed by atoms with van der Waals surface area (Å²) in [7, 11) is 1.65. The summed E-state index contributed by atoms with van der Waals surface area (Å²) < 4.78 is 10.8. The standard InChI is InChI=1S/C23H28N2O4/c1-23(2,3)29-21(26)24-13-14-25(4)22(27)28-15-20-18-11-7-5-9-16(18)17-10-6-8-12-19(17)20/h5-12,20H,13-15H2,1-4H3,(H,24,26).